The van der Waals surface area contributed by atoms with Crippen LogP contribution in [0, 0.1) is 5.92 Å². The molecule has 0 saturated carbocycles. The van der Waals surface area contributed by atoms with E-state index in [1.165, 1.54) is 0 Å². The lowest BCUT2D eigenvalue weighted by atomic mass is 9.93. The summed E-state index contributed by atoms with van der Waals surface area (Å²) in [6.45, 7) is 8.25. The third-order valence-corrected chi connectivity index (χ3v) is 5.00. The molecule has 5 nitrogen and oxygen atoms in total. The molecule has 0 radical (unpaired) electrons. The first-order valence-corrected chi connectivity index (χ1v) is 8.82. The van der Waals surface area contributed by atoms with Crippen LogP contribution in [0.15, 0.2) is 30.3 Å². The lowest BCUT2D eigenvalue weighted by molar-refractivity contribution is 0.101. The van der Waals surface area contributed by atoms with Crippen LogP contribution in [0.25, 0.3) is 0 Å². The Labute approximate surface area is 146 Å². The number of nitrogens with zero attached hydrogens (tertiary/aromatic N) is 2. The van der Waals surface area contributed by atoms with Crippen molar-refractivity contribution in [3.05, 3.63) is 30.3 Å². The largest absolute Gasteiger partial charge is 0.489 e. The fourth-order valence-corrected chi connectivity index (χ4v) is 3.30. The number of piperidine rings is 1. The molecule has 1 N–H and O–H groups in total. The van der Waals surface area contributed by atoms with Crippen LogP contribution < -0.4 is 10.1 Å². The molecule has 4 atom stereocenters. The van der Waals surface area contributed by atoms with E-state index in [1.807, 2.05) is 56.1 Å². The topological polar surface area (TPSA) is 44.8 Å². The summed E-state index contributed by atoms with van der Waals surface area (Å²) in [5, 5.41) is 3.08. The molecule has 0 aliphatic carbocycles. The number of amides is 2. The molecular weight excluding hydrogens is 302 g/mol. The van der Waals surface area contributed by atoms with E-state index in [4.69, 9.17) is 4.74 Å². The molecule has 1 aliphatic heterocycles. The summed E-state index contributed by atoms with van der Waals surface area (Å²) in [5.74, 6) is 1.30. The van der Waals surface area contributed by atoms with E-state index in [0.29, 0.717) is 12.0 Å². The van der Waals surface area contributed by atoms with Gasteiger partial charge in [-0.15, -0.1) is 0 Å². The predicted molar refractivity (Wildman–Crippen MR) is 97.4 cm³/mol. The summed E-state index contributed by atoms with van der Waals surface area (Å²) in [4.78, 5) is 16.8. The number of hydrogen-bond donors (Lipinski definition) is 1. The molecule has 2 amide bonds. The average Bonchev–Trinajstić information content (AvgIpc) is 2.55. The smallest absolute Gasteiger partial charge is 0.317 e. The van der Waals surface area contributed by atoms with E-state index in [1.54, 1.807) is 0 Å². The van der Waals surface area contributed by atoms with Crippen molar-refractivity contribution < 1.29 is 9.53 Å². The molecule has 134 valence electrons. The lowest BCUT2D eigenvalue weighted by Crippen LogP contribution is -2.55. The molecule has 2 rings (SSSR count). The number of nitrogens with one attached hydrogen (secondary N) is 1. The molecule has 1 heterocycles. The van der Waals surface area contributed by atoms with Crippen molar-refractivity contribution >= 4 is 6.03 Å². The zero-order valence-corrected chi connectivity index (χ0v) is 15.5. The first-order valence-electron chi connectivity index (χ1n) is 8.82. The van der Waals surface area contributed by atoms with Crippen molar-refractivity contribution in [3.8, 4) is 5.75 Å². The standard InChI is InChI=1S/C19H31N3O2/c1-14-13-21(4)12-11-18(14)22(5)19(23)20-15(2)16(3)24-17-9-7-6-8-10-17/h6-10,14-16,18H,11-13H2,1-5H3,(H,20,23)/t14-,15-,16+,18+/m1/s1. The molecule has 1 fully saturated rings. The number of ether oxygens (including phenoxy) is 1. The summed E-state index contributed by atoms with van der Waals surface area (Å²) >= 11 is 0. The van der Waals surface area contributed by atoms with E-state index in [0.717, 1.165) is 25.3 Å². The fraction of sp³-hybridized carbons (Fsp3) is 0.632. The molecule has 0 aromatic heterocycles. The van der Waals surface area contributed by atoms with Crippen LogP contribution >= 0.6 is 0 Å². The van der Waals surface area contributed by atoms with Crippen molar-refractivity contribution in [2.24, 2.45) is 5.92 Å². The van der Waals surface area contributed by atoms with E-state index < -0.39 is 0 Å². The number of likely N-dealkylation sites (tertiary alicyclic amines) is 1. The van der Waals surface area contributed by atoms with E-state index in [-0.39, 0.29) is 18.2 Å². The maximum Gasteiger partial charge on any atom is 0.317 e. The van der Waals surface area contributed by atoms with Crippen molar-refractivity contribution in [2.75, 3.05) is 27.2 Å². The Morgan fingerprint density at radius 1 is 1.33 bits per heavy atom. The van der Waals surface area contributed by atoms with Crippen LogP contribution in [-0.4, -0.2) is 61.2 Å². The van der Waals surface area contributed by atoms with Gasteiger partial charge in [-0.1, -0.05) is 25.1 Å². The van der Waals surface area contributed by atoms with Crippen molar-refractivity contribution in [1.82, 2.24) is 15.1 Å². The van der Waals surface area contributed by atoms with Gasteiger partial charge in [-0.3, -0.25) is 0 Å². The second-order valence-corrected chi connectivity index (χ2v) is 7.08. The van der Waals surface area contributed by atoms with Crippen molar-refractivity contribution in [2.45, 2.75) is 45.4 Å². The van der Waals surface area contributed by atoms with E-state index >= 15 is 0 Å². The van der Waals surface area contributed by atoms with Crippen LogP contribution in [0.1, 0.15) is 27.2 Å². The molecule has 0 bridgehead atoms. The number of carbonyl (C=O) groups is 1. The Hall–Kier alpha value is -1.75. The van der Waals surface area contributed by atoms with Crippen LogP contribution in [-0.2, 0) is 0 Å². The average molecular weight is 333 g/mol. The molecule has 0 unspecified atom stereocenters. The van der Waals surface area contributed by atoms with Crippen LogP contribution in [0.4, 0.5) is 4.79 Å². The van der Waals surface area contributed by atoms with Crippen molar-refractivity contribution in [3.63, 3.8) is 0 Å². The first-order chi connectivity index (χ1) is 11.4. The Kier molecular flexibility index (Phi) is 6.49. The fourth-order valence-electron chi connectivity index (χ4n) is 3.30. The highest BCUT2D eigenvalue weighted by molar-refractivity contribution is 5.74. The van der Waals surface area contributed by atoms with Crippen LogP contribution in [0.2, 0.25) is 0 Å². The van der Waals surface area contributed by atoms with E-state index in [9.17, 15) is 4.79 Å². The van der Waals surface area contributed by atoms with Gasteiger partial charge in [0.15, 0.2) is 0 Å². The highest BCUT2D eigenvalue weighted by Gasteiger charge is 2.30. The Balaban J connectivity index is 1.86. The summed E-state index contributed by atoms with van der Waals surface area (Å²) in [5.41, 5.74) is 0. The minimum Gasteiger partial charge on any atom is -0.489 e. The van der Waals surface area contributed by atoms with E-state index in [2.05, 4.69) is 24.2 Å². The molecule has 1 aromatic rings. The molecule has 1 aliphatic rings. The Morgan fingerprint density at radius 3 is 2.62 bits per heavy atom. The maximum absolute atomic E-state index is 12.6. The second kappa shape index (κ2) is 8.38. The molecule has 24 heavy (non-hydrogen) atoms. The number of hydrogen-bond acceptors (Lipinski definition) is 3. The Morgan fingerprint density at radius 2 is 2.00 bits per heavy atom. The summed E-state index contributed by atoms with van der Waals surface area (Å²) in [6.07, 6.45) is 0.922. The summed E-state index contributed by atoms with van der Waals surface area (Å²) in [6, 6.07) is 9.91. The monoisotopic (exact) mass is 333 g/mol. The van der Waals surface area contributed by atoms with Crippen LogP contribution in [0.5, 0.6) is 5.75 Å². The number of benzene rings is 1. The molecule has 1 aromatic carbocycles. The van der Waals surface area contributed by atoms with Gasteiger partial charge >= 0.3 is 6.03 Å². The third-order valence-electron chi connectivity index (χ3n) is 5.00. The van der Waals surface area contributed by atoms with Crippen LogP contribution in [0.3, 0.4) is 0 Å². The molecule has 1 saturated heterocycles. The minimum absolute atomic E-state index is 0.0209. The lowest BCUT2D eigenvalue weighted by Gasteiger charge is -2.40. The van der Waals surface area contributed by atoms with Gasteiger partial charge in [0.2, 0.25) is 0 Å². The third kappa shape index (κ3) is 4.87. The Bertz CT molecular complexity index is 523. The number of urea groups is 1. The van der Waals surface area contributed by atoms with Gasteiger partial charge < -0.3 is 19.9 Å². The minimum atomic E-state index is -0.0975. The van der Waals surface area contributed by atoms with Gasteiger partial charge in [0.05, 0.1) is 6.04 Å². The normalized spacial score (nSPS) is 24.0. The SMILES string of the molecule is C[C@@H]1CN(C)CC[C@@H]1N(C)C(=O)N[C@H](C)[C@H](C)Oc1ccccc1. The van der Waals surface area contributed by atoms with Gasteiger partial charge in [-0.05, 0) is 51.9 Å². The van der Waals surface area contributed by atoms with Gasteiger partial charge in [0.1, 0.15) is 11.9 Å². The predicted octanol–water partition coefficient (Wildman–Crippen LogP) is 2.82. The number of carbonyl (C=O) groups excluding carboxylic acids is 1. The second-order valence-electron chi connectivity index (χ2n) is 7.08. The summed E-state index contributed by atoms with van der Waals surface area (Å²) < 4.78 is 5.90. The number of para-hydroxylation sites is 1. The van der Waals surface area contributed by atoms with Gasteiger partial charge in [-0.25, -0.2) is 4.79 Å². The molecule has 5 heteroatoms. The molecular formula is C19H31N3O2. The van der Waals surface area contributed by atoms with Gasteiger partial charge in [-0.2, -0.15) is 0 Å². The zero-order valence-electron chi connectivity index (χ0n) is 15.5. The summed E-state index contributed by atoms with van der Waals surface area (Å²) in [7, 11) is 4.04. The van der Waals surface area contributed by atoms with Gasteiger partial charge in [0.25, 0.3) is 0 Å². The first kappa shape index (κ1) is 18.6. The maximum atomic E-state index is 12.6. The number of rotatable bonds is 5. The molecule has 0 spiro atoms. The van der Waals surface area contributed by atoms with Crippen molar-refractivity contribution in [1.29, 1.82) is 0 Å². The quantitative estimate of drug-likeness (QED) is 0.901. The zero-order chi connectivity index (χ0) is 17.7. The highest BCUT2D eigenvalue weighted by Crippen LogP contribution is 2.20. The highest BCUT2D eigenvalue weighted by atomic mass is 16.5. The van der Waals surface area contributed by atoms with Gasteiger partial charge in [0, 0.05) is 19.6 Å².